The number of phenols is 8. The Balaban J connectivity index is 1.30. The summed E-state index contributed by atoms with van der Waals surface area (Å²) in [6.45, 7) is 18.1. The molecule has 8 aromatic carbocycles. The van der Waals surface area contributed by atoms with Crippen LogP contribution in [0.2, 0.25) is 0 Å². The minimum atomic E-state index is 0.171. The lowest BCUT2D eigenvalue weighted by molar-refractivity contribution is 0.451. The van der Waals surface area contributed by atoms with Crippen molar-refractivity contribution in [2.75, 3.05) is 0 Å². The highest BCUT2D eigenvalue weighted by molar-refractivity contribution is 5.61. The van der Waals surface area contributed by atoms with E-state index < -0.39 is 0 Å². The maximum absolute atomic E-state index is 13.3. The highest BCUT2D eigenvalue weighted by Gasteiger charge is 2.26. The minimum Gasteiger partial charge on any atom is -0.507 e. The summed E-state index contributed by atoms with van der Waals surface area (Å²) in [6.07, 6.45) is 63.9. The van der Waals surface area contributed by atoms with Crippen LogP contribution in [0.15, 0.2) is 97.1 Å². The lowest BCUT2D eigenvalue weighted by Crippen LogP contribution is -2.05. The van der Waals surface area contributed by atoms with E-state index in [0.717, 1.165) is 288 Å². The van der Waals surface area contributed by atoms with E-state index in [1.807, 2.05) is 0 Å². The Morgan fingerprint density at radius 2 is 0.203 bits per heavy atom. The Hall–Kier alpha value is -7.84. The first-order chi connectivity index (χ1) is 62.5. The van der Waals surface area contributed by atoms with E-state index in [4.69, 9.17) is 0 Å². The van der Waals surface area contributed by atoms with Gasteiger partial charge in [0.25, 0.3) is 0 Å². The van der Waals surface area contributed by atoms with Crippen molar-refractivity contribution >= 4 is 0 Å². The van der Waals surface area contributed by atoms with Gasteiger partial charge in [-0.05, 0) is 236 Å². The Kier molecular flexibility index (Phi) is 47.7. The lowest BCUT2D eigenvalue weighted by atomic mass is 9.87. The van der Waals surface area contributed by atoms with Gasteiger partial charge in [0.05, 0.1) is 0 Å². The van der Waals surface area contributed by atoms with Crippen molar-refractivity contribution in [3.05, 3.63) is 231 Å². The smallest absolute Gasteiger partial charge is 0.122 e. The second-order valence-electron chi connectivity index (χ2n) is 39.7. The molecule has 16 bridgehead atoms. The molecule has 0 spiro atoms. The standard InChI is InChI=1S/C120H176O8/c1-9-17-25-33-41-49-57-89-65-97-81-99-67-90(58-50-42-34-26-18-10-2)69-101(114(99)122)83-103-71-92(60-52-44-36-28-20-12-4)73-105(116(103)124)85-107-75-94(62-54-46-38-30-22-14-6)77-109(118(107)126)87-111-79-96(64-56-48-40-32-24-16-8)80-112(120(111)128)88-110-78-95(63-55-47-39-31-23-15-7)76-108(119(110)127)86-106-74-93(61-53-45-37-29-21-13-5)72-104(117(106)125)84-102-70-91(59-51-43-35-27-19-11-3)68-100(115(102)123)82-98(66-89)113(97)121/h65-80,121-128H,9-64,81-88H2,1-8H3. The molecule has 1 aliphatic rings. The Morgan fingerprint density at radius 1 is 0.125 bits per heavy atom. The van der Waals surface area contributed by atoms with Crippen molar-refractivity contribution in [2.24, 2.45) is 0 Å². The van der Waals surface area contributed by atoms with E-state index >= 15 is 0 Å². The first kappa shape index (κ1) is 104. The second kappa shape index (κ2) is 58.8. The number of unbranched alkanes of at least 4 members (excludes halogenated alkanes) is 40. The summed E-state index contributed by atoms with van der Waals surface area (Å²) in [5.41, 5.74) is 20.8. The minimum absolute atomic E-state index is 0.171. The third-order valence-electron chi connectivity index (χ3n) is 28.2. The number of hydrogen-bond acceptors (Lipinski definition) is 8. The van der Waals surface area contributed by atoms with Gasteiger partial charge in [0.1, 0.15) is 46.0 Å². The number of rotatable bonds is 56. The van der Waals surface area contributed by atoms with E-state index in [1.165, 1.54) is 205 Å². The molecule has 8 heteroatoms. The molecule has 704 valence electrons. The van der Waals surface area contributed by atoms with Gasteiger partial charge in [-0.15, -0.1) is 0 Å². The van der Waals surface area contributed by atoms with Crippen LogP contribution in [0.3, 0.4) is 0 Å². The average Bonchev–Trinajstić information content (AvgIpc) is 0.788. The van der Waals surface area contributed by atoms with Gasteiger partial charge in [-0.3, -0.25) is 0 Å². The molecular weight excluding hydrogens is 1570 g/mol. The van der Waals surface area contributed by atoms with E-state index in [9.17, 15) is 40.9 Å². The Morgan fingerprint density at radius 3 is 0.289 bits per heavy atom. The summed E-state index contributed by atoms with van der Waals surface area (Å²) in [5, 5.41) is 106. The average molecular weight is 1750 g/mol. The summed E-state index contributed by atoms with van der Waals surface area (Å²) < 4.78 is 0. The van der Waals surface area contributed by atoms with Crippen molar-refractivity contribution in [2.45, 2.75) is 466 Å². The molecule has 0 atom stereocenters. The van der Waals surface area contributed by atoms with Crippen molar-refractivity contribution < 1.29 is 40.9 Å². The normalized spacial score (nSPS) is 12.6. The van der Waals surface area contributed by atoms with Gasteiger partial charge in [0.2, 0.25) is 0 Å². The molecule has 8 nitrogen and oxygen atoms in total. The van der Waals surface area contributed by atoms with Crippen molar-refractivity contribution in [1.82, 2.24) is 0 Å². The predicted octanol–water partition coefficient (Wildman–Crippen LogP) is 33.6. The molecular formula is C120H176O8. The fourth-order valence-electron chi connectivity index (χ4n) is 20.5. The molecule has 1 aliphatic carbocycles. The van der Waals surface area contributed by atoms with E-state index in [2.05, 4.69) is 152 Å². The Labute approximate surface area is 778 Å². The molecule has 128 heavy (non-hydrogen) atoms. The quantitative estimate of drug-likeness (QED) is 0.0175. The fraction of sp³-hybridized carbons (Fsp3) is 0.600. The molecule has 0 saturated carbocycles. The van der Waals surface area contributed by atoms with E-state index in [0.29, 0.717) is 0 Å². The third-order valence-corrected chi connectivity index (χ3v) is 28.2. The van der Waals surface area contributed by atoms with Crippen molar-refractivity contribution in [3.8, 4) is 46.0 Å². The molecule has 0 aromatic heterocycles. The van der Waals surface area contributed by atoms with Gasteiger partial charge in [0, 0.05) is 51.4 Å². The topological polar surface area (TPSA) is 162 Å². The van der Waals surface area contributed by atoms with Crippen molar-refractivity contribution in [1.29, 1.82) is 0 Å². The van der Waals surface area contributed by atoms with Gasteiger partial charge in [-0.25, -0.2) is 0 Å². The fourth-order valence-corrected chi connectivity index (χ4v) is 20.5. The van der Waals surface area contributed by atoms with Gasteiger partial charge in [-0.1, -0.05) is 409 Å². The Bertz CT molecular complexity index is 3510. The van der Waals surface area contributed by atoms with Crippen LogP contribution in [0.25, 0.3) is 0 Å². The van der Waals surface area contributed by atoms with Crippen LogP contribution in [-0.4, -0.2) is 40.9 Å². The molecule has 0 amide bonds. The number of aromatic hydroxyl groups is 8. The zero-order valence-corrected chi connectivity index (χ0v) is 82.1. The zero-order valence-electron chi connectivity index (χ0n) is 82.1. The van der Waals surface area contributed by atoms with Crippen LogP contribution >= 0.6 is 0 Å². The highest BCUT2D eigenvalue weighted by Crippen LogP contribution is 2.44. The van der Waals surface area contributed by atoms with Crippen LogP contribution in [0, 0.1) is 0 Å². The molecule has 8 aromatic rings. The highest BCUT2D eigenvalue weighted by atomic mass is 16.3. The van der Waals surface area contributed by atoms with Gasteiger partial charge in [0.15, 0.2) is 0 Å². The van der Waals surface area contributed by atoms with Gasteiger partial charge >= 0.3 is 0 Å². The summed E-state index contributed by atoms with van der Waals surface area (Å²) in [5.74, 6) is 1.37. The number of benzene rings is 8. The van der Waals surface area contributed by atoms with Crippen LogP contribution in [0.5, 0.6) is 46.0 Å². The number of hydrogen-bond donors (Lipinski definition) is 8. The largest absolute Gasteiger partial charge is 0.507 e. The van der Waals surface area contributed by atoms with Crippen LogP contribution in [0.1, 0.15) is 497 Å². The molecule has 0 unspecified atom stereocenters. The van der Waals surface area contributed by atoms with Crippen LogP contribution in [-0.2, 0) is 103 Å². The molecule has 8 N–H and O–H groups in total. The third kappa shape index (κ3) is 34.7. The maximum atomic E-state index is 13.3. The van der Waals surface area contributed by atoms with Gasteiger partial charge in [-0.2, -0.15) is 0 Å². The summed E-state index contributed by atoms with van der Waals surface area (Å²) in [4.78, 5) is 0. The molecule has 0 fully saturated rings. The number of aryl methyl sites for hydroxylation is 8. The number of phenolic OH excluding ortho intramolecular Hbond substituents is 8. The van der Waals surface area contributed by atoms with Crippen molar-refractivity contribution in [3.63, 3.8) is 0 Å². The monoisotopic (exact) mass is 1750 g/mol. The van der Waals surface area contributed by atoms with Crippen LogP contribution in [0.4, 0.5) is 0 Å². The maximum Gasteiger partial charge on any atom is 0.122 e. The SMILES string of the molecule is CCCCCCCCc1cc2c(O)c(c1)Cc1cc(CCCCCCCC)cc(c1O)Cc1cc(CCCCCCCC)cc(c1O)Cc1cc(CCCCCCCC)cc(c1O)Cc1cc(CCCCCCCC)cc(c1O)Cc1cc(CCCCCCCC)cc(c1O)Cc1cc(CCCCCCCC)cc(c1O)Cc1cc(CCCCCCCC)cc(c1O)C2. The second-order valence-corrected chi connectivity index (χ2v) is 39.7. The molecule has 0 aliphatic heterocycles. The zero-order chi connectivity index (χ0) is 91.0. The summed E-state index contributed by atoms with van der Waals surface area (Å²) in [7, 11) is 0. The van der Waals surface area contributed by atoms with Crippen LogP contribution < -0.4 is 0 Å². The van der Waals surface area contributed by atoms with Gasteiger partial charge < -0.3 is 40.9 Å². The summed E-state index contributed by atoms with van der Waals surface area (Å²) >= 11 is 0. The van der Waals surface area contributed by atoms with E-state index in [-0.39, 0.29) is 97.4 Å². The predicted molar refractivity (Wildman–Crippen MR) is 544 cm³/mol. The first-order valence-electron chi connectivity index (χ1n) is 53.2. The molecule has 9 rings (SSSR count). The summed E-state index contributed by atoms with van der Waals surface area (Å²) in [6, 6.07) is 34.9. The lowest BCUT2D eigenvalue weighted by Gasteiger charge is -2.20. The van der Waals surface area contributed by atoms with E-state index in [1.54, 1.807) is 0 Å². The molecule has 0 saturated heterocycles. The molecule has 0 heterocycles. The number of fused-ring (bicyclic) bond motifs is 16. The first-order valence-corrected chi connectivity index (χ1v) is 53.2. The molecule has 0 radical (unpaired) electrons.